The van der Waals surface area contributed by atoms with Gasteiger partial charge in [0.2, 0.25) is 11.7 Å². The van der Waals surface area contributed by atoms with E-state index >= 15 is 0 Å². The number of aromatic hydroxyl groups is 1. The molecule has 3 N–H and O–H groups in total. The van der Waals surface area contributed by atoms with Gasteiger partial charge in [-0.25, -0.2) is 9.97 Å². The zero-order valence-corrected chi connectivity index (χ0v) is 16.4. The molecule has 4 rings (SSSR count). The SMILES string of the molecule is CCCCn1nc(C)c(O)c1-c1nc(-c2nc(C(N)=O)n3cc(C)ncc23)co1. The number of oxazole rings is 1. The van der Waals surface area contributed by atoms with E-state index in [0.29, 0.717) is 40.5 Å². The Labute approximate surface area is 166 Å². The van der Waals surface area contributed by atoms with Gasteiger partial charge in [-0.1, -0.05) is 13.3 Å². The summed E-state index contributed by atoms with van der Waals surface area (Å²) < 4.78 is 8.92. The van der Waals surface area contributed by atoms with E-state index in [9.17, 15) is 9.90 Å². The third-order valence-corrected chi connectivity index (χ3v) is 4.64. The van der Waals surface area contributed by atoms with E-state index < -0.39 is 5.91 Å². The van der Waals surface area contributed by atoms with Gasteiger partial charge in [-0.05, 0) is 20.3 Å². The molecule has 0 aliphatic carbocycles. The van der Waals surface area contributed by atoms with Gasteiger partial charge < -0.3 is 15.3 Å². The third kappa shape index (κ3) is 3.12. The van der Waals surface area contributed by atoms with Crippen LogP contribution in [0.5, 0.6) is 5.75 Å². The fourth-order valence-electron chi connectivity index (χ4n) is 3.19. The summed E-state index contributed by atoms with van der Waals surface area (Å²) in [4.78, 5) is 24.9. The van der Waals surface area contributed by atoms with E-state index in [1.165, 1.54) is 6.26 Å². The molecule has 4 aromatic rings. The number of hydrogen-bond donors (Lipinski definition) is 2. The van der Waals surface area contributed by atoms with Crippen LogP contribution in [0.4, 0.5) is 0 Å². The van der Waals surface area contributed by atoms with Gasteiger partial charge in [-0.3, -0.25) is 18.9 Å². The van der Waals surface area contributed by atoms with Crippen LogP contribution in [-0.2, 0) is 6.54 Å². The number of rotatable bonds is 6. The maximum atomic E-state index is 11.8. The monoisotopic (exact) mass is 395 g/mol. The van der Waals surface area contributed by atoms with Gasteiger partial charge in [-0.2, -0.15) is 5.10 Å². The Hall–Kier alpha value is -3.69. The second kappa shape index (κ2) is 7.04. The molecule has 0 saturated heterocycles. The highest BCUT2D eigenvalue weighted by molar-refractivity contribution is 5.93. The standard InChI is InChI=1S/C19H21N7O3/c1-4-5-6-26-15(16(27)11(3)24-26)19-22-12(9-29-19)14-13-7-21-10(2)8-25(13)18(23-14)17(20)28/h7-9,27H,4-6H2,1-3H3,(H2,20,28). The number of aryl methyl sites for hydroxylation is 3. The second-order valence-corrected chi connectivity index (χ2v) is 6.83. The minimum atomic E-state index is -0.661. The predicted molar refractivity (Wildman–Crippen MR) is 104 cm³/mol. The summed E-state index contributed by atoms with van der Waals surface area (Å²) in [5.74, 6) is -0.335. The van der Waals surface area contributed by atoms with Crippen LogP contribution in [0.1, 0.15) is 41.8 Å². The molecule has 0 aliphatic heterocycles. The summed E-state index contributed by atoms with van der Waals surface area (Å²) >= 11 is 0. The largest absolute Gasteiger partial charge is 0.504 e. The molecule has 29 heavy (non-hydrogen) atoms. The van der Waals surface area contributed by atoms with Crippen molar-refractivity contribution in [2.45, 2.75) is 40.2 Å². The van der Waals surface area contributed by atoms with Crippen LogP contribution >= 0.6 is 0 Å². The van der Waals surface area contributed by atoms with Crippen molar-refractivity contribution >= 4 is 11.4 Å². The lowest BCUT2D eigenvalue weighted by Crippen LogP contribution is -2.15. The van der Waals surface area contributed by atoms with Gasteiger partial charge in [0.25, 0.3) is 5.91 Å². The number of fused-ring (bicyclic) bond motifs is 1. The number of nitrogens with zero attached hydrogens (tertiary/aromatic N) is 6. The predicted octanol–water partition coefficient (Wildman–Crippen LogP) is 2.47. The Morgan fingerprint density at radius 3 is 2.83 bits per heavy atom. The van der Waals surface area contributed by atoms with Crippen LogP contribution in [0.15, 0.2) is 23.1 Å². The van der Waals surface area contributed by atoms with Gasteiger partial charge in [0.05, 0.1) is 17.4 Å². The minimum Gasteiger partial charge on any atom is -0.504 e. The molecule has 10 nitrogen and oxygen atoms in total. The van der Waals surface area contributed by atoms with Crippen LogP contribution in [-0.4, -0.2) is 40.1 Å². The lowest BCUT2D eigenvalue weighted by molar-refractivity contribution is 0.0990. The lowest BCUT2D eigenvalue weighted by atomic mass is 10.3. The van der Waals surface area contributed by atoms with Crippen LogP contribution < -0.4 is 5.73 Å². The van der Waals surface area contributed by atoms with Gasteiger partial charge in [0.15, 0.2) is 11.4 Å². The highest BCUT2D eigenvalue weighted by Gasteiger charge is 2.24. The Morgan fingerprint density at radius 2 is 2.10 bits per heavy atom. The smallest absolute Gasteiger partial charge is 0.285 e. The molecule has 10 heteroatoms. The van der Waals surface area contributed by atoms with Crippen molar-refractivity contribution in [3.8, 4) is 28.7 Å². The number of amides is 1. The Morgan fingerprint density at radius 1 is 1.31 bits per heavy atom. The molecule has 0 aliphatic rings. The summed E-state index contributed by atoms with van der Waals surface area (Å²) in [5.41, 5.74) is 8.49. The van der Waals surface area contributed by atoms with E-state index in [-0.39, 0.29) is 17.5 Å². The number of carbonyl (C=O) groups is 1. The van der Waals surface area contributed by atoms with Crippen LogP contribution in [0.25, 0.3) is 28.5 Å². The zero-order chi connectivity index (χ0) is 20.7. The van der Waals surface area contributed by atoms with Crippen molar-refractivity contribution in [3.63, 3.8) is 0 Å². The summed E-state index contributed by atoms with van der Waals surface area (Å²) in [7, 11) is 0. The molecule has 0 bridgehead atoms. The average molecular weight is 395 g/mol. The van der Waals surface area contributed by atoms with E-state index in [2.05, 4.69) is 27.0 Å². The van der Waals surface area contributed by atoms with Crippen LogP contribution in [0.3, 0.4) is 0 Å². The molecule has 0 fully saturated rings. The van der Waals surface area contributed by atoms with Crippen LogP contribution in [0.2, 0.25) is 0 Å². The van der Waals surface area contributed by atoms with Crippen molar-refractivity contribution in [2.75, 3.05) is 0 Å². The van der Waals surface area contributed by atoms with Gasteiger partial charge >= 0.3 is 0 Å². The van der Waals surface area contributed by atoms with Crippen molar-refractivity contribution in [3.05, 3.63) is 35.9 Å². The molecular weight excluding hydrogens is 374 g/mol. The summed E-state index contributed by atoms with van der Waals surface area (Å²) in [6, 6.07) is 0. The highest BCUT2D eigenvalue weighted by Crippen LogP contribution is 2.34. The molecule has 150 valence electrons. The quantitative estimate of drug-likeness (QED) is 0.511. The Kier molecular flexibility index (Phi) is 4.53. The first-order chi connectivity index (χ1) is 13.9. The molecule has 0 radical (unpaired) electrons. The van der Waals surface area contributed by atoms with Crippen molar-refractivity contribution in [2.24, 2.45) is 5.73 Å². The molecule has 0 unspecified atom stereocenters. The fraction of sp³-hybridized carbons (Fsp3) is 0.316. The minimum absolute atomic E-state index is 0.0271. The topological polar surface area (TPSA) is 137 Å². The number of carbonyl (C=O) groups excluding carboxylic acids is 1. The van der Waals surface area contributed by atoms with E-state index in [4.69, 9.17) is 10.2 Å². The van der Waals surface area contributed by atoms with Gasteiger partial charge in [-0.15, -0.1) is 0 Å². The summed E-state index contributed by atoms with van der Waals surface area (Å²) in [6.07, 6.45) is 6.60. The number of aromatic nitrogens is 6. The molecule has 0 atom stereocenters. The fourth-order valence-corrected chi connectivity index (χ4v) is 3.19. The summed E-state index contributed by atoms with van der Waals surface area (Å²) in [6.45, 7) is 6.24. The van der Waals surface area contributed by atoms with Crippen molar-refractivity contribution in [1.29, 1.82) is 0 Å². The first kappa shape index (κ1) is 18.7. The first-order valence-electron chi connectivity index (χ1n) is 9.27. The second-order valence-electron chi connectivity index (χ2n) is 6.83. The highest BCUT2D eigenvalue weighted by atomic mass is 16.3. The number of nitrogens with two attached hydrogens (primary N) is 1. The Bertz CT molecular complexity index is 1220. The normalized spacial score (nSPS) is 11.4. The number of unbranched alkanes of at least 4 members (excludes halogenated alkanes) is 1. The maximum absolute atomic E-state index is 11.8. The molecular formula is C19H21N7O3. The number of hydrogen-bond acceptors (Lipinski definition) is 7. The maximum Gasteiger partial charge on any atom is 0.285 e. The molecule has 4 aromatic heterocycles. The molecule has 0 spiro atoms. The Balaban J connectivity index is 1.83. The molecule has 0 aromatic carbocycles. The van der Waals surface area contributed by atoms with Crippen LogP contribution in [0, 0.1) is 13.8 Å². The van der Waals surface area contributed by atoms with Crippen molar-refractivity contribution < 1.29 is 14.3 Å². The van der Waals surface area contributed by atoms with Gasteiger partial charge in [0, 0.05) is 12.7 Å². The molecule has 4 heterocycles. The first-order valence-corrected chi connectivity index (χ1v) is 9.27. The number of imidazole rings is 1. The van der Waals surface area contributed by atoms with E-state index in [1.807, 2.05) is 0 Å². The lowest BCUT2D eigenvalue weighted by Gasteiger charge is -2.03. The van der Waals surface area contributed by atoms with Gasteiger partial charge in [0.1, 0.15) is 23.3 Å². The number of primary amides is 1. The summed E-state index contributed by atoms with van der Waals surface area (Å²) in [5, 5.41) is 14.8. The van der Waals surface area contributed by atoms with E-state index in [0.717, 1.165) is 12.8 Å². The average Bonchev–Trinajstić information content (AvgIpc) is 3.36. The van der Waals surface area contributed by atoms with Crippen molar-refractivity contribution in [1.82, 2.24) is 29.1 Å². The molecule has 0 saturated carbocycles. The molecule has 1 amide bonds. The van der Waals surface area contributed by atoms with E-state index in [1.54, 1.807) is 35.3 Å². The zero-order valence-electron chi connectivity index (χ0n) is 16.4. The third-order valence-electron chi connectivity index (χ3n) is 4.64.